The van der Waals surface area contributed by atoms with Crippen molar-refractivity contribution < 1.29 is 9.53 Å². The van der Waals surface area contributed by atoms with Crippen molar-refractivity contribution >= 4 is 17.3 Å². The number of hydrogen-bond donors (Lipinski definition) is 0. The van der Waals surface area contributed by atoms with E-state index in [-0.39, 0.29) is 11.4 Å². The SMILES string of the molecule is CCC(CC)(c1ccccc1)c1nc(C(=O)OC)cs1. The minimum Gasteiger partial charge on any atom is -0.464 e. The molecule has 0 unspecified atom stereocenters. The maximum absolute atomic E-state index is 11.6. The molecule has 2 rings (SSSR count). The molecule has 0 N–H and O–H groups in total. The van der Waals surface area contributed by atoms with Gasteiger partial charge < -0.3 is 4.74 Å². The number of carbonyl (C=O) groups is 1. The fraction of sp³-hybridized carbons (Fsp3) is 0.375. The molecule has 0 amide bonds. The number of ether oxygens (including phenoxy) is 1. The molecule has 0 aliphatic carbocycles. The van der Waals surface area contributed by atoms with Gasteiger partial charge >= 0.3 is 5.97 Å². The number of benzene rings is 1. The molecule has 1 aromatic heterocycles. The summed E-state index contributed by atoms with van der Waals surface area (Å²) < 4.78 is 4.74. The van der Waals surface area contributed by atoms with Crippen LogP contribution in [0, 0.1) is 0 Å². The number of aromatic nitrogens is 1. The summed E-state index contributed by atoms with van der Waals surface area (Å²) in [6.07, 6.45) is 1.89. The van der Waals surface area contributed by atoms with Gasteiger partial charge in [-0.25, -0.2) is 9.78 Å². The summed E-state index contributed by atoms with van der Waals surface area (Å²) in [4.78, 5) is 16.1. The van der Waals surface area contributed by atoms with E-state index in [1.807, 2.05) is 18.2 Å². The van der Waals surface area contributed by atoms with Gasteiger partial charge in [-0.1, -0.05) is 44.2 Å². The summed E-state index contributed by atoms with van der Waals surface area (Å²) in [6.45, 7) is 4.32. The predicted octanol–water partition coefficient (Wildman–Crippen LogP) is 4.04. The smallest absolute Gasteiger partial charge is 0.357 e. The molecule has 0 bridgehead atoms. The Bertz CT molecular complexity index is 573. The molecular formula is C16H19NO2S. The molecule has 1 aromatic carbocycles. The summed E-state index contributed by atoms with van der Waals surface area (Å²) in [5.41, 5.74) is 1.52. The van der Waals surface area contributed by atoms with Gasteiger partial charge in [0.1, 0.15) is 5.01 Å². The molecular weight excluding hydrogens is 270 g/mol. The van der Waals surface area contributed by atoms with Crippen molar-refractivity contribution in [2.45, 2.75) is 32.1 Å². The lowest BCUT2D eigenvalue weighted by Crippen LogP contribution is -2.26. The number of carbonyl (C=O) groups excluding carboxylic acids is 1. The third-order valence-electron chi connectivity index (χ3n) is 3.84. The largest absolute Gasteiger partial charge is 0.464 e. The van der Waals surface area contributed by atoms with Crippen LogP contribution in [0.15, 0.2) is 35.7 Å². The highest BCUT2D eigenvalue weighted by Gasteiger charge is 2.34. The molecule has 0 radical (unpaired) electrons. The van der Waals surface area contributed by atoms with Crippen LogP contribution in [0.1, 0.15) is 47.7 Å². The minimum atomic E-state index is -0.373. The lowest BCUT2D eigenvalue weighted by molar-refractivity contribution is 0.0594. The Morgan fingerprint density at radius 3 is 2.45 bits per heavy atom. The Morgan fingerprint density at radius 2 is 1.90 bits per heavy atom. The van der Waals surface area contributed by atoms with E-state index in [1.54, 1.807) is 5.38 Å². The first-order valence-corrected chi connectivity index (χ1v) is 7.65. The van der Waals surface area contributed by atoms with E-state index in [0.29, 0.717) is 5.69 Å². The van der Waals surface area contributed by atoms with Crippen molar-refractivity contribution in [2.75, 3.05) is 7.11 Å². The van der Waals surface area contributed by atoms with Crippen LogP contribution in [-0.2, 0) is 10.2 Å². The van der Waals surface area contributed by atoms with Gasteiger partial charge in [0.25, 0.3) is 0 Å². The molecule has 2 aromatic rings. The number of rotatable bonds is 5. The second-order valence-electron chi connectivity index (χ2n) is 4.68. The van der Waals surface area contributed by atoms with Crippen LogP contribution >= 0.6 is 11.3 Å². The van der Waals surface area contributed by atoms with Gasteiger partial charge in [0.05, 0.1) is 7.11 Å². The average Bonchev–Trinajstić information content (AvgIpc) is 3.00. The van der Waals surface area contributed by atoms with Crippen LogP contribution in [0.2, 0.25) is 0 Å². The molecule has 1 heterocycles. The van der Waals surface area contributed by atoms with Crippen LogP contribution in [0.3, 0.4) is 0 Å². The second kappa shape index (κ2) is 6.18. The summed E-state index contributed by atoms with van der Waals surface area (Å²) in [5.74, 6) is -0.373. The first-order chi connectivity index (χ1) is 9.67. The molecule has 106 valence electrons. The van der Waals surface area contributed by atoms with Gasteiger partial charge in [-0.2, -0.15) is 0 Å². The first-order valence-electron chi connectivity index (χ1n) is 6.77. The van der Waals surface area contributed by atoms with E-state index < -0.39 is 0 Å². The zero-order valence-electron chi connectivity index (χ0n) is 12.1. The summed E-state index contributed by atoms with van der Waals surface area (Å²) in [6, 6.07) is 10.4. The van der Waals surface area contributed by atoms with Crippen molar-refractivity contribution in [3.63, 3.8) is 0 Å². The van der Waals surface area contributed by atoms with Crippen LogP contribution in [0.5, 0.6) is 0 Å². The number of methoxy groups -OCH3 is 1. The monoisotopic (exact) mass is 289 g/mol. The molecule has 0 fully saturated rings. The number of hydrogen-bond acceptors (Lipinski definition) is 4. The summed E-state index contributed by atoms with van der Waals surface area (Å²) >= 11 is 1.53. The van der Waals surface area contributed by atoms with Crippen LogP contribution in [0.4, 0.5) is 0 Å². The van der Waals surface area contributed by atoms with Crippen LogP contribution < -0.4 is 0 Å². The molecule has 4 heteroatoms. The highest BCUT2D eigenvalue weighted by molar-refractivity contribution is 7.10. The van der Waals surface area contributed by atoms with E-state index in [2.05, 4.69) is 31.0 Å². The zero-order chi connectivity index (χ0) is 14.6. The Labute approximate surface area is 123 Å². The standard InChI is InChI=1S/C16H19NO2S/c1-4-16(5-2,12-9-7-6-8-10-12)15-17-13(11-20-15)14(18)19-3/h6-11H,4-5H2,1-3H3. The number of nitrogens with zero attached hydrogens (tertiary/aromatic N) is 1. The molecule has 3 nitrogen and oxygen atoms in total. The lowest BCUT2D eigenvalue weighted by atomic mass is 9.76. The highest BCUT2D eigenvalue weighted by Crippen LogP contribution is 2.40. The first kappa shape index (κ1) is 14.7. The normalized spacial score (nSPS) is 11.3. The third-order valence-corrected chi connectivity index (χ3v) is 4.89. The van der Waals surface area contributed by atoms with E-state index >= 15 is 0 Å². The van der Waals surface area contributed by atoms with Gasteiger partial charge in [-0.15, -0.1) is 11.3 Å². The fourth-order valence-electron chi connectivity index (χ4n) is 2.53. The van der Waals surface area contributed by atoms with Gasteiger partial charge in [0.2, 0.25) is 0 Å². The fourth-order valence-corrected chi connectivity index (χ4v) is 3.69. The maximum atomic E-state index is 11.6. The Morgan fingerprint density at radius 1 is 1.25 bits per heavy atom. The van der Waals surface area contributed by atoms with E-state index in [1.165, 1.54) is 24.0 Å². The summed E-state index contributed by atoms with van der Waals surface area (Å²) in [7, 11) is 1.38. The molecule has 0 saturated heterocycles. The molecule has 0 aliphatic rings. The Balaban J connectivity index is 2.48. The Kier molecular flexibility index (Phi) is 4.55. The van der Waals surface area contributed by atoms with Crippen molar-refractivity contribution in [3.8, 4) is 0 Å². The molecule has 0 spiro atoms. The topological polar surface area (TPSA) is 39.2 Å². The van der Waals surface area contributed by atoms with Crippen molar-refractivity contribution in [1.29, 1.82) is 0 Å². The molecule has 20 heavy (non-hydrogen) atoms. The van der Waals surface area contributed by atoms with E-state index in [0.717, 1.165) is 17.8 Å². The summed E-state index contributed by atoms with van der Waals surface area (Å²) in [5, 5.41) is 2.76. The zero-order valence-corrected chi connectivity index (χ0v) is 12.9. The third kappa shape index (κ3) is 2.48. The van der Waals surface area contributed by atoms with Gasteiger partial charge in [-0.3, -0.25) is 0 Å². The van der Waals surface area contributed by atoms with E-state index in [4.69, 9.17) is 4.74 Å². The number of thiazole rings is 1. The van der Waals surface area contributed by atoms with Crippen molar-refractivity contribution in [3.05, 3.63) is 52.0 Å². The van der Waals surface area contributed by atoms with Crippen LogP contribution in [-0.4, -0.2) is 18.1 Å². The van der Waals surface area contributed by atoms with Crippen LogP contribution in [0.25, 0.3) is 0 Å². The minimum absolute atomic E-state index is 0.127. The van der Waals surface area contributed by atoms with Crippen molar-refractivity contribution in [1.82, 2.24) is 4.98 Å². The molecule has 0 aliphatic heterocycles. The quantitative estimate of drug-likeness (QED) is 0.780. The Hall–Kier alpha value is -1.68. The molecule has 0 saturated carbocycles. The predicted molar refractivity (Wildman–Crippen MR) is 81.3 cm³/mol. The number of esters is 1. The van der Waals surface area contributed by atoms with Crippen molar-refractivity contribution in [2.24, 2.45) is 0 Å². The average molecular weight is 289 g/mol. The highest BCUT2D eigenvalue weighted by atomic mass is 32.1. The second-order valence-corrected chi connectivity index (χ2v) is 5.54. The van der Waals surface area contributed by atoms with E-state index in [9.17, 15) is 4.79 Å². The molecule has 0 atom stereocenters. The maximum Gasteiger partial charge on any atom is 0.357 e. The lowest BCUT2D eigenvalue weighted by Gasteiger charge is -2.30. The van der Waals surface area contributed by atoms with Gasteiger partial charge in [-0.05, 0) is 18.4 Å². The van der Waals surface area contributed by atoms with Gasteiger partial charge in [0, 0.05) is 10.8 Å². The van der Waals surface area contributed by atoms with Gasteiger partial charge in [0.15, 0.2) is 5.69 Å².